The number of ether oxygens (including phenoxy) is 1. The van der Waals surface area contributed by atoms with Gasteiger partial charge >= 0.3 is 5.97 Å². The first kappa shape index (κ1) is 18.7. The number of esters is 1. The maximum absolute atomic E-state index is 12.8. The fraction of sp³-hybridized carbons (Fsp3) is 0. The van der Waals surface area contributed by atoms with Crippen LogP contribution in [0.5, 0.6) is 17.2 Å². The molecule has 0 amide bonds. The molecule has 2 N–H and O–H groups in total. The molecule has 0 heterocycles. The molecule has 4 heteroatoms. The Morgan fingerprint density at radius 3 is 1.87 bits per heavy atom. The minimum absolute atomic E-state index is 0.0728. The molecule has 0 atom stereocenters. The number of carbonyl (C=O) groups is 1. The molecule has 5 aromatic rings. The fourth-order valence-electron chi connectivity index (χ4n) is 3.87. The van der Waals surface area contributed by atoms with Crippen LogP contribution in [0.4, 0.5) is 0 Å². The van der Waals surface area contributed by atoms with Crippen molar-refractivity contribution < 1.29 is 19.7 Å². The topological polar surface area (TPSA) is 66.8 Å². The van der Waals surface area contributed by atoms with E-state index in [1.807, 2.05) is 60.7 Å². The van der Waals surface area contributed by atoms with Gasteiger partial charge in [-0.15, -0.1) is 0 Å². The van der Waals surface area contributed by atoms with E-state index in [0.29, 0.717) is 22.4 Å². The van der Waals surface area contributed by atoms with Gasteiger partial charge in [0.25, 0.3) is 0 Å². The van der Waals surface area contributed by atoms with E-state index in [9.17, 15) is 15.0 Å². The van der Waals surface area contributed by atoms with Crippen molar-refractivity contribution in [3.63, 3.8) is 0 Å². The number of hydrogen-bond acceptors (Lipinski definition) is 4. The molecule has 0 saturated heterocycles. The minimum atomic E-state index is -0.545. The molecule has 5 rings (SSSR count). The Balaban J connectivity index is 1.75. The Morgan fingerprint density at radius 2 is 1.19 bits per heavy atom. The smallest absolute Gasteiger partial charge is 0.343 e. The predicted molar refractivity (Wildman–Crippen MR) is 122 cm³/mol. The highest BCUT2D eigenvalue weighted by molar-refractivity contribution is 6.10. The van der Waals surface area contributed by atoms with Gasteiger partial charge in [-0.05, 0) is 57.9 Å². The zero-order valence-electron chi connectivity index (χ0n) is 16.4. The monoisotopic (exact) mass is 406 g/mol. The molecule has 0 saturated carbocycles. The number of hydrogen-bond donors (Lipinski definition) is 2. The summed E-state index contributed by atoms with van der Waals surface area (Å²) >= 11 is 0. The van der Waals surface area contributed by atoms with E-state index >= 15 is 0 Å². The number of rotatable bonds is 3. The van der Waals surface area contributed by atoms with Crippen molar-refractivity contribution in [1.82, 2.24) is 0 Å². The van der Waals surface area contributed by atoms with Crippen molar-refractivity contribution in [1.29, 1.82) is 0 Å². The highest BCUT2D eigenvalue weighted by atomic mass is 16.5. The summed E-state index contributed by atoms with van der Waals surface area (Å²) < 4.78 is 5.81. The molecule has 0 aliphatic heterocycles. The lowest BCUT2D eigenvalue weighted by Gasteiger charge is -2.16. The minimum Gasteiger partial charge on any atom is -0.508 e. The van der Waals surface area contributed by atoms with Crippen LogP contribution in [0.1, 0.15) is 10.4 Å². The van der Waals surface area contributed by atoms with Gasteiger partial charge < -0.3 is 14.9 Å². The van der Waals surface area contributed by atoms with Gasteiger partial charge in [-0.25, -0.2) is 4.79 Å². The van der Waals surface area contributed by atoms with Gasteiger partial charge in [0.15, 0.2) is 0 Å². The molecule has 0 aliphatic carbocycles. The zero-order chi connectivity index (χ0) is 21.4. The summed E-state index contributed by atoms with van der Waals surface area (Å²) in [6, 6.07) is 28.6. The second kappa shape index (κ2) is 7.50. The van der Waals surface area contributed by atoms with Gasteiger partial charge in [-0.2, -0.15) is 0 Å². The first-order valence-corrected chi connectivity index (χ1v) is 9.86. The quantitative estimate of drug-likeness (QED) is 0.273. The third kappa shape index (κ3) is 3.34. The number of phenolic OH excluding ortho intramolecular Hbond substituents is 2. The summed E-state index contributed by atoms with van der Waals surface area (Å²) in [5.74, 6) is -0.0136. The van der Waals surface area contributed by atoms with Crippen LogP contribution < -0.4 is 4.74 Å². The normalized spacial score (nSPS) is 11.0. The molecule has 0 aliphatic rings. The fourth-order valence-corrected chi connectivity index (χ4v) is 3.87. The standard InChI is InChI=1S/C27H18O4/c28-20-13-9-19(10-14-20)27(30)31-24-16-12-18-6-2-4-8-22(18)26(24)25-21-7-3-1-5-17(21)11-15-23(25)29/h1-16,28-29H. The van der Waals surface area contributed by atoms with Crippen molar-refractivity contribution >= 4 is 27.5 Å². The van der Waals surface area contributed by atoms with E-state index in [2.05, 4.69) is 0 Å². The Kier molecular flexibility index (Phi) is 4.53. The zero-order valence-corrected chi connectivity index (χ0v) is 16.4. The molecule has 0 aromatic heterocycles. The first-order chi connectivity index (χ1) is 15.1. The first-order valence-electron chi connectivity index (χ1n) is 9.86. The highest BCUT2D eigenvalue weighted by Gasteiger charge is 2.20. The van der Waals surface area contributed by atoms with Crippen molar-refractivity contribution in [3.8, 4) is 28.4 Å². The molecule has 0 fully saturated rings. The van der Waals surface area contributed by atoms with E-state index in [1.54, 1.807) is 12.1 Å². The maximum atomic E-state index is 12.8. The van der Waals surface area contributed by atoms with E-state index in [0.717, 1.165) is 21.5 Å². The number of benzene rings is 5. The highest BCUT2D eigenvalue weighted by Crippen LogP contribution is 2.45. The summed E-state index contributed by atoms with van der Waals surface area (Å²) in [5.41, 5.74) is 1.59. The molecular formula is C27H18O4. The van der Waals surface area contributed by atoms with E-state index in [-0.39, 0.29) is 11.5 Å². The van der Waals surface area contributed by atoms with Crippen molar-refractivity contribution in [2.45, 2.75) is 0 Å². The Hall–Kier alpha value is -4.31. The second-order valence-corrected chi connectivity index (χ2v) is 7.28. The van der Waals surface area contributed by atoms with Gasteiger partial charge in [0, 0.05) is 11.1 Å². The molecule has 31 heavy (non-hydrogen) atoms. The van der Waals surface area contributed by atoms with E-state index in [4.69, 9.17) is 4.74 Å². The summed E-state index contributed by atoms with van der Waals surface area (Å²) in [6.07, 6.45) is 0. The van der Waals surface area contributed by atoms with Gasteiger partial charge in [0.1, 0.15) is 17.2 Å². The second-order valence-electron chi connectivity index (χ2n) is 7.28. The molecule has 150 valence electrons. The Morgan fingerprint density at radius 1 is 0.613 bits per heavy atom. The molecule has 0 bridgehead atoms. The Labute approximate surface area is 178 Å². The predicted octanol–water partition coefficient (Wildman–Crippen LogP) is 6.29. The summed E-state index contributed by atoms with van der Waals surface area (Å²) in [6.45, 7) is 0. The van der Waals surface area contributed by atoms with Crippen molar-refractivity contribution in [2.75, 3.05) is 0 Å². The molecular weight excluding hydrogens is 388 g/mol. The SMILES string of the molecule is O=C(Oc1ccc2ccccc2c1-c1c(O)ccc2ccccc12)c1ccc(O)cc1. The average Bonchev–Trinajstić information content (AvgIpc) is 2.80. The van der Waals surface area contributed by atoms with Crippen molar-refractivity contribution in [3.05, 3.63) is 103 Å². The molecule has 0 unspecified atom stereocenters. The van der Waals surface area contributed by atoms with E-state index in [1.165, 1.54) is 24.3 Å². The largest absolute Gasteiger partial charge is 0.508 e. The van der Waals surface area contributed by atoms with Gasteiger partial charge in [-0.1, -0.05) is 60.7 Å². The third-order valence-electron chi connectivity index (χ3n) is 5.35. The summed E-state index contributed by atoms with van der Waals surface area (Å²) in [5, 5.41) is 24.0. The van der Waals surface area contributed by atoms with Crippen LogP contribution >= 0.6 is 0 Å². The maximum Gasteiger partial charge on any atom is 0.343 e. The van der Waals surface area contributed by atoms with Gasteiger partial charge in [0.05, 0.1) is 5.56 Å². The van der Waals surface area contributed by atoms with Gasteiger partial charge in [-0.3, -0.25) is 0 Å². The van der Waals surface area contributed by atoms with Crippen LogP contribution in [0.15, 0.2) is 97.1 Å². The van der Waals surface area contributed by atoms with Crippen LogP contribution in [-0.2, 0) is 0 Å². The molecule has 4 nitrogen and oxygen atoms in total. The number of aromatic hydroxyl groups is 2. The lowest BCUT2D eigenvalue weighted by atomic mass is 9.92. The molecule has 5 aromatic carbocycles. The third-order valence-corrected chi connectivity index (χ3v) is 5.35. The number of fused-ring (bicyclic) bond motifs is 2. The van der Waals surface area contributed by atoms with Crippen LogP contribution in [0, 0.1) is 0 Å². The van der Waals surface area contributed by atoms with E-state index < -0.39 is 5.97 Å². The molecule has 0 radical (unpaired) electrons. The van der Waals surface area contributed by atoms with Crippen LogP contribution in [0.2, 0.25) is 0 Å². The average molecular weight is 406 g/mol. The van der Waals surface area contributed by atoms with Crippen LogP contribution in [0.25, 0.3) is 32.7 Å². The van der Waals surface area contributed by atoms with Crippen molar-refractivity contribution in [2.24, 2.45) is 0 Å². The lowest BCUT2D eigenvalue weighted by molar-refractivity contribution is 0.0735. The lowest BCUT2D eigenvalue weighted by Crippen LogP contribution is -2.09. The van der Waals surface area contributed by atoms with Crippen LogP contribution in [0.3, 0.4) is 0 Å². The number of carbonyl (C=O) groups excluding carboxylic acids is 1. The summed E-state index contributed by atoms with van der Waals surface area (Å²) in [7, 11) is 0. The van der Waals surface area contributed by atoms with Gasteiger partial charge in [0.2, 0.25) is 0 Å². The Bertz CT molecular complexity index is 1440. The summed E-state index contributed by atoms with van der Waals surface area (Å²) in [4.78, 5) is 12.8. The molecule has 0 spiro atoms. The van der Waals surface area contributed by atoms with Crippen LogP contribution in [-0.4, -0.2) is 16.2 Å². The number of phenols is 2.